The Kier molecular flexibility index (Phi) is 6.07. The van der Waals surface area contributed by atoms with Gasteiger partial charge in [0.15, 0.2) is 11.1 Å². The largest absolute Gasteiger partial charge is 0.489 e. The van der Waals surface area contributed by atoms with E-state index in [4.69, 9.17) is 10.5 Å². The molecule has 2 heterocycles. The SMILES string of the molecule is CCN(C)C(=O)C(O)C#Cc1ccc2c(c1)-c1nc(C(N)=O)sc1C(F)(CO)CO2. The van der Waals surface area contributed by atoms with Gasteiger partial charge in [-0.05, 0) is 25.1 Å². The number of benzene rings is 1. The average molecular weight is 433 g/mol. The normalized spacial score (nSPS) is 18.0. The number of nitrogens with two attached hydrogens (primary N) is 1. The first-order valence-corrected chi connectivity index (χ1v) is 9.84. The lowest BCUT2D eigenvalue weighted by atomic mass is 10.0. The van der Waals surface area contributed by atoms with Gasteiger partial charge in [0.1, 0.15) is 12.4 Å². The first-order chi connectivity index (χ1) is 14.2. The Bertz CT molecular complexity index is 1060. The van der Waals surface area contributed by atoms with Gasteiger partial charge < -0.3 is 25.6 Å². The number of hydrogen-bond donors (Lipinski definition) is 3. The summed E-state index contributed by atoms with van der Waals surface area (Å²) in [4.78, 5) is 29.0. The number of aromatic nitrogens is 1. The maximum atomic E-state index is 15.3. The molecule has 158 valence electrons. The fraction of sp³-hybridized carbons (Fsp3) is 0.350. The molecule has 0 aliphatic carbocycles. The second-order valence-corrected chi connectivity index (χ2v) is 7.71. The van der Waals surface area contributed by atoms with E-state index in [1.54, 1.807) is 32.2 Å². The van der Waals surface area contributed by atoms with Gasteiger partial charge in [0.2, 0.25) is 5.67 Å². The molecule has 1 aromatic heterocycles. The second-order valence-electron chi connectivity index (χ2n) is 6.71. The summed E-state index contributed by atoms with van der Waals surface area (Å²) < 4.78 is 20.8. The molecule has 0 fully saturated rings. The van der Waals surface area contributed by atoms with Crippen molar-refractivity contribution in [3.63, 3.8) is 0 Å². The first-order valence-electron chi connectivity index (χ1n) is 9.03. The molecule has 0 spiro atoms. The molecule has 8 nitrogen and oxygen atoms in total. The van der Waals surface area contributed by atoms with Crippen molar-refractivity contribution in [1.29, 1.82) is 0 Å². The van der Waals surface area contributed by atoms with Crippen LogP contribution in [0.4, 0.5) is 4.39 Å². The molecule has 1 aliphatic heterocycles. The van der Waals surface area contributed by atoms with Crippen molar-refractivity contribution >= 4 is 23.2 Å². The zero-order valence-corrected chi connectivity index (χ0v) is 17.1. The molecule has 1 aliphatic rings. The summed E-state index contributed by atoms with van der Waals surface area (Å²) in [5.41, 5.74) is 3.95. The van der Waals surface area contributed by atoms with Crippen LogP contribution in [0, 0.1) is 11.8 Å². The lowest BCUT2D eigenvalue weighted by Gasteiger charge is -2.19. The number of alkyl halides is 1. The van der Waals surface area contributed by atoms with E-state index in [-0.39, 0.29) is 15.6 Å². The van der Waals surface area contributed by atoms with Gasteiger partial charge >= 0.3 is 0 Å². The number of aliphatic hydroxyl groups is 2. The van der Waals surface area contributed by atoms with Crippen LogP contribution in [-0.4, -0.2) is 64.8 Å². The molecule has 30 heavy (non-hydrogen) atoms. The molecule has 0 bridgehead atoms. The summed E-state index contributed by atoms with van der Waals surface area (Å²) in [5, 5.41) is 19.5. The van der Waals surface area contributed by atoms with E-state index >= 15 is 4.39 Å². The van der Waals surface area contributed by atoms with E-state index < -0.39 is 36.8 Å². The fourth-order valence-electron chi connectivity index (χ4n) is 2.78. The highest BCUT2D eigenvalue weighted by Crippen LogP contribution is 2.45. The minimum absolute atomic E-state index is 0.0300. The summed E-state index contributed by atoms with van der Waals surface area (Å²) >= 11 is 0.759. The Morgan fingerprint density at radius 3 is 2.87 bits per heavy atom. The zero-order chi connectivity index (χ0) is 22.1. The molecule has 1 aromatic carbocycles. The quantitative estimate of drug-likeness (QED) is 0.608. The third kappa shape index (κ3) is 4.00. The van der Waals surface area contributed by atoms with E-state index in [1.807, 2.05) is 0 Å². The predicted octanol–water partition coefficient (Wildman–Crippen LogP) is 0.649. The van der Waals surface area contributed by atoms with Gasteiger partial charge in [-0.2, -0.15) is 0 Å². The Balaban J connectivity index is 2.05. The first kappa shape index (κ1) is 21.7. The highest BCUT2D eigenvalue weighted by Gasteiger charge is 2.41. The highest BCUT2D eigenvalue weighted by molar-refractivity contribution is 7.14. The molecule has 10 heteroatoms. The lowest BCUT2D eigenvalue weighted by Crippen LogP contribution is -2.35. The van der Waals surface area contributed by atoms with Crippen LogP contribution in [0.2, 0.25) is 0 Å². The molecule has 4 N–H and O–H groups in total. The van der Waals surface area contributed by atoms with Crippen molar-refractivity contribution < 1.29 is 28.9 Å². The van der Waals surface area contributed by atoms with Crippen LogP contribution in [0.3, 0.4) is 0 Å². The molecule has 2 unspecified atom stereocenters. The fourth-order valence-corrected chi connectivity index (χ4v) is 3.77. The van der Waals surface area contributed by atoms with Gasteiger partial charge in [0, 0.05) is 24.7 Å². The number of likely N-dealkylation sites (N-methyl/N-ethyl adjacent to an activating group) is 1. The lowest BCUT2D eigenvalue weighted by molar-refractivity contribution is -0.135. The Morgan fingerprint density at radius 1 is 1.50 bits per heavy atom. The summed E-state index contributed by atoms with van der Waals surface area (Å²) in [6, 6.07) is 4.68. The number of primary amides is 1. The number of rotatable bonds is 4. The second kappa shape index (κ2) is 8.39. The third-order valence-electron chi connectivity index (χ3n) is 4.62. The van der Waals surface area contributed by atoms with Gasteiger partial charge in [-0.25, -0.2) is 9.37 Å². The molecular weight excluding hydrogens is 413 g/mol. The van der Waals surface area contributed by atoms with Crippen molar-refractivity contribution in [2.24, 2.45) is 5.73 Å². The van der Waals surface area contributed by atoms with Gasteiger partial charge in [-0.1, -0.05) is 11.8 Å². The van der Waals surface area contributed by atoms with E-state index in [9.17, 15) is 19.8 Å². The maximum absolute atomic E-state index is 15.3. The number of aliphatic hydroxyl groups excluding tert-OH is 2. The number of fused-ring (bicyclic) bond motifs is 3. The highest BCUT2D eigenvalue weighted by atomic mass is 32.1. The number of amides is 2. The maximum Gasteiger partial charge on any atom is 0.277 e. The van der Waals surface area contributed by atoms with Crippen LogP contribution in [0.5, 0.6) is 5.75 Å². The molecule has 3 rings (SSSR count). The van der Waals surface area contributed by atoms with E-state index in [0.29, 0.717) is 23.4 Å². The average Bonchev–Trinajstić information content (AvgIpc) is 3.17. The Morgan fingerprint density at radius 2 is 2.23 bits per heavy atom. The number of ether oxygens (including phenoxy) is 1. The minimum atomic E-state index is -2.25. The van der Waals surface area contributed by atoms with Gasteiger partial charge in [0.25, 0.3) is 11.8 Å². The van der Waals surface area contributed by atoms with E-state index in [1.165, 1.54) is 4.90 Å². The van der Waals surface area contributed by atoms with Crippen LogP contribution >= 0.6 is 11.3 Å². The Hall–Kier alpha value is -3.00. The smallest absolute Gasteiger partial charge is 0.277 e. The summed E-state index contributed by atoms with van der Waals surface area (Å²) in [7, 11) is 1.55. The summed E-state index contributed by atoms with van der Waals surface area (Å²) in [6.45, 7) is 0.873. The summed E-state index contributed by atoms with van der Waals surface area (Å²) in [5.74, 6) is 4.14. The number of carbonyl (C=O) groups is 2. The Labute approximate surface area is 176 Å². The van der Waals surface area contributed by atoms with Crippen molar-refractivity contribution in [3.8, 4) is 28.8 Å². The van der Waals surface area contributed by atoms with Crippen LogP contribution in [0.25, 0.3) is 11.3 Å². The van der Waals surface area contributed by atoms with Crippen molar-refractivity contribution in [1.82, 2.24) is 9.88 Å². The number of halogens is 1. The van der Waals surface area contributed by atoms with E-state index in [0.717, 1.165) is 11.3 Å². The number of hydrogen-bond acceptors (Lipinski definition) is 7. The zero-order valence-electron chi connectivity index (χ0n) is 16.3. The topological polar surface area (TPSA) is 126 Å². The number of thiazole rings is 1. The van der Waals surface area contributed by atoms with E-state index in [2.05, 4.69) is 16.8 Å². The van der Waals surface area contributed by atoms with Crippen LogP contribution in [-0.2, 0) is 10.5 Å². The predicted molar refractivity (Wildman–Crippen MR) is 108 cm³/mol. The van der Waals surface area contributed by atoms with Crippen LogP contribution in [0.1, 0.15) is 27.2 Å². The molecule has 2 aromatic rings. The van der Waals surface area contributed by atoms with Crippen molar-refractivity contribution in [3.05, 3.63) is 33.6 Å². The van der Waals surface area contributed by atoms with Gasteiger partial charge in [-0.3, -0.25) is 9.59 Å². The van der Waals surface area contributed by atoms with Gasteiger partial charge in [0.05, 0.1) is 17.2 Å². The van der Waals surface area contributed by atoms with Crippen molar-refractivity contribution in [2.75, 3.05) is 26.8 Å². The van der Waals surface area contributed by atoms with Gasteiger partial charge in [-0.15, -0.1) is 11.3 Å². The van der Waals surface area contributed by atoms with Crippen LogP contribution < -0.4 is 10.5 Å². The standard InChI is InChI=1S/C20H20FN3O5S/c1-3-24(2)19(28)13(26)6-4-11-5-7-14-12(8-11)15-16(20(21,9-25)10-29-14)30-18(23-15)17(22)27/h5,7-8,13,25-26H,3,9-10H2,1-2H3,(H2,22,27). The summed E-state index contributed by atoms with van der Waals surface area (Å²) in [6.07, 6.45) is -1.49. The third-order valence-corrected chi connectivity index (χ3v) is 5.87. The number of nitrogens with zero attached hydrogens (tertiary/aromatic N) is 2. The molecule has 2 atom stereocenters. The monoisotopic (exact) mass is 433 g/mol. The molecule has 2 amide bonds. The minimum Gasteiger partial charge on any atom is -0.489 e. The van der Waals surface area contributed by atoms with Crippen molar-refractivity contribution in [2.45, 2.75) is 18.7 Å². The number of carbonyl (C=O) groups excluding carboxylic acids is 2. The molecule has 0 saturated carbocycles. The van der Waals surface area contributed by atoms with Crippen LogP contribution in [0.15, 0.2) is 18.2 Å². The molecular formula is C20H20FN3O5S. The molecule has 0 saturated heterocycles. The molecule has 0 radical (unpaired) electrons.